The molecule has 1 fully saturated rings. The Bertz CT molecular complexity index is 111. The zero-order valence-corrected chi connectivity index (χ0v) is 8.01. The maximum atomic E-state index is 5.05. The Morgan fingerprint density at radius 2 is 2.00 bits per heavy atom. The van der Waals surface area contributed by atoms with Crippen molar-refractivity contribution in [1.29, 1.82) is 0 Å². The van der Waals surface area contributed by atoms with Crippen LogP contribution in [-0.4, -0.2) is 33.6 Å². The molecule has 0 unspecified atom stereocenters. The van der Waals surface area contributed by atoms with Crippen LogP contribution >= 0.6 is 0 Å². The summed E-state index contributed by atoms with van der Waals surface area (Å²) in [5, 5.41) is 3.34. The van der Waals surface area contributed by atoms with E-state index < -0.39 is 0 Å². The van der Waals surface area contributed by atoms with Crippen molar-refractivity contribution in [3.05, 3.63) is 0 Å². The molecule has 0 radical (unpaired) electrons. The second-order valence-corrected chi connectivity index (χ2v) is 3.36. The van der Waals surface area contributed by atoms with Gasteiger partial charge in [0.15, 0.2) is 6.29 Å². The van der Waals surface area contributed by atoms with E-state index in [0.717, 1.165) is 19.0 Å². The van der Waals surface area contributed by atoms with E-state index in [4.69, 9.17) is 9.47 Å². The predicted octanol–water partition coefficient (Wildman–Crippen LogP) is 0.995. The highest BCUT2D eigenvalue weighted by atomic mass is 16.7. The molecule has 3 nitrogen and oxygen atoms in total. The molecule has 0 saturated heterocycles. The first-order chi connectivity index (χ1) is 5.86. The molecule has 3 heteroatoms. The lowest BCUT2D eigenvalue weighted by molar-refractivity contribution is -0.0991. The van der Waals surface area contributed by atoms with Crippen LogP contribution in [0.15, 0.2) is 0 Å². The molecular formula is C9H19NO2. The lowest BCUT2D eigenvalue weighted by atomic mass is 9.85. The molecular weight excluding hydrogens is 154 g/mol. The number of nitrogens with one attached hydrogen (secondary N) is 1. The Hall–Kier alpha value is -0.120. The summed E-state index contributed by atoms with van der Waals surface area (Å²) in [6.45, 7) is 1.91. The summed E-state index contributed by atoms with van der Waals surface area (Å²) in [5.41, 5.74) is 0. The van der Waals surface area contributed by atoms with Crippen molar-refractivity contribution in [2.75, 3.05) is 27.3 Å². The Morgan fingerprint density at radius 3 is 2.42 bits per heavy atom. The zero-order chi connectivity index (χ0) is 8.81. The van der Waals surface area contributed by atoms with Gasteiger partial charge in [0.25, 0.3) is 0 Å². The van der Waals surface area contributed by atoms with Gasteiger partial charge in [-0.05, 0) is 25.3 Å². The topological polar surface area (TPSA) is 30.5 Å². The Balaban J connectivity index is 1.92. The molecule has 1 aliphatic carbocycles. The lowest BCUT2D eigenvalue weighted by Crippen LogP contribution is -2.34. The van der Waals surface area contributed by atoms with Gasteiger partial charge >= 0.3 is 0 Å². The van der Waals surface area contributed by atoms with Crippen LogP contribution in [0.25, 0.3) is 0 Å². The Kier molecular flexibility index (Phi) is 4.58. The predicted molar refractivity (Wildman–Crippen MR) is 48.0 cm³/mol. The molecule has 1 rings (SSSR count). The average Bonchev–Trinajstić information content (AvgIpc) is 2.02. The lowest BCUT2D eigenvalue weighted by Gasteiger charge is -2.26. The molecule has 0 spiro atoms. The van der Waals surface area contributed by atoms with E-state index in [1.807, 2.05) is 0 Å². The molecule has 0 heterocycles. The Labute approximate surface area is 74.4 Å². The molecule has 0 amide bonds. The smallest absolute Gasteiger partial charge is 0.169 e. The van der Waals surface area contributed by atoms with Gasteiger partial charge in [0.2, 0.25) is 0 Å². The minimum Gasteiger partial charge on any atom is -0.355 e. The highest BCUT2D eigenvalue weighted by Crippen LogP contribution is 2.24. The summed E-state index contributed by atoms with van der Waals surface area (Å²) in [6, 6.07) is 0. The van der Waals surface area contributed by atoms with Crippen molar-refractivity contribution >= 4 is 0 Å². The standard InChI is InChI=1S/C9H19NO2/c1-11-9(12-2)7-10-6-8-4-3-5-8/h8-10H,3-7H2,1-2H3. The second-order valence-electron chi connectivity index (χ2n) is 3.36. The van der Waals surface area contributed by atoms with E-state index in [2.05, 4.69) is 5.32 Å². The molecule has 72 valence electrons. The minimum atomic E-state index is -0.0925. The van der Waals surface area contributed by atoms with Gasteiger partial charge in [-0.1, -0.05) is 6.42 Å². The van der Waals surface area contributed by atoms with Crippen LogP contribution in [0, 0.1) is 5.92 Å². The highest BCUT2D eigenvalue weighted by Gasteiger charge is 2.16. The van der Waals surface area contributed by atoms with Gasteiger partial charge < -0.3 is 14.8 Å². The third kappa shape index (κ3) is 3.09. The van der Waals surface area contributed by atoms with Gasteiger partial charge in [0.05, 0.1) is 0 Å². The van der Waals surface area contributed by atoms with Gasteiger partial charge in [0, 0.05) is 20.8 Å². The quantitative estimate of drug-likeness (QED) is 0.608. The van der Waals surface area contributed by atoms with Gasteiger partial charge in [-0.15, -0.1) is 0 Å². The van der Waals surface area contributed by atoms with Crippen molar-refractivity contribution in [3.63, 3.8) is 0 Å². The summed E-state index contributed by atoms with van der Waals surface area (Å²) >= 11 is 0. The number of ether oxygens (including phenoxy) is 2. The van der Waals surface area contributed by atoms with Gasteiger partial charge in [-0.25, -0.2) is 0 Å². The summed E-state index contributed by atoms with van der Waals surface area (Å²) < 4.78 is 10.1. The zero-order valence-electron chi connectivity index (χ0n) is 8.01. The first-order valence-electron chi connectivity index (χ1n) is 4.63. The molecule has 0 atom stereocenters. The second kappa shape index (κ2) is 5.51. The van der Waals surface area contributed by atoms with E-state index in [1.54, 1.807) is 14.2 Å². The minimum absolute atomic E-state index is 0.0925. The summed E-state index contributed by atoms with van der Waals surface area (Å²) in [4.78, 5) is 0. The van der Waals surface area contributed by atoms with Crippen LogP contribution in [-0.2, 0) is 9.47 Å². The largest absolute Gasteiger partial charge is 0.355 e. The van der Waals surface area contributed by atoms with E-state index in [1.165, 1.54) is 19.3 Å². The number of methoxy groups -OCH3 is 2. The van der Waals surface area contributed by atoms with Gasteiger partial charge in [0.1, 0.15) is 0 Å². The van der Waals surface area contributed by atoms with Crippen LogP contribution in [0.2, 0.25) is 0 Å². The molecule has 0 bridgehead atoms. The molecule has 1 saturated carbocycles. The summed E-state index contributed by atoms with van der Waals surface area (Å²) in [5.74, 6) is 0.902. The van der Waals surface area contributed by atoms with Crippen LogP contribution < -0.4 is 5.32 Å². The number of hydrogen-bond donors (Lipinski definition) is 1. The van der Waals surface area contributed by atoms with Crippen LogP contribution in [0.4, 0.5) is 0 Å². The molecule has 12 heavy (non-hydrogen) atoms. The van der Waals surface area contributed by atoms with Crippen molar-refractivity contribution in [2.24, 2.45) is 5.92 Å². The van der Waals surface area contributed by atoms with Crippen molar-refractivity contribution in [2.45, 2.75) is 25.6 Å². The van der Waals surface area contributed by atoms with E-state index in [9.17, 15) is 0 Å². The third-order valence-electron chi connectivity index (χ3n) is 2.49. The van der Waals surface area contributed by atoms with E-state index in [0.29, 0.717) is 0 Å². The normalized spacial score (nSPS) is 18.2. The highest BCUT2D eigenvalue weighted by molar-refractivity contribution is 4.71. The first kappa shape index (κ1) is 9.96. The maximum absolute atomic E-state index is 5.05. The SMILES string of the molecule is COC(CNCC1CCC1)OC. The number of hydrogen-bond acceptors (Lipinski definition) is 3. The fourth-order valence-corrected chi connectivity index (χ4v) is 1.37. The monoisotopic (exact) mass is 173 g/mol. The molecule has 0 aliphatic heterocycles. The van der Waals surface area contributed by atoms with E-state index in [-0.39, 0.29) is 6.29 Å². The van der Waals surface area contributed by atoms with Gasteiger partial charge in [-0.3, -0.25) is 0 Å². The first-order valence-corrected chi connectivity index (χ1v) is 4.63. The van der Waals surface area contributed by atoms with E-state index >= 15 is 0 Å². The Morgan fingerprint density at radius 1 is 1.33 bits per heavy atom. The fourth-order valence-electron chi connectivity index (χ4n) is 1.37. The maximum Gasteiger partial charge on any atom is 0.169 e. The molecule has 0 aromatic rings. The molecule has 0 aromatic heterocycles. The number of rotatable bonds is 6. The van der Waals surface area contributed by atoms with Gasteiger partial charge in [-0.2, -0.15) is 0 Å². The molecule has 0 aromatic carbocycles. The third-order valence-corrected chi connectivity index (χ3v) is 2.49. The summed E-state index contributed by atoms with van der Waals surface area (Å²) in [6.07, 6.45) is 4.09. The van der Waals surface area contributed by atoms with Crippen molar-refractivity contribution in [1.82, 2.24) is 5.32 Å². The fraction of sp³-hybridized carbons (Fsp3) is 1.00. The van der Waals surface area contributed by atoms with Crippen LogP contribution in [0.3, 0.4) is 0 Å². The van der Waals surface area contributed by atoms with Crippen LogP contribution in [0.1, 0.15) is 19.3 Å². The van der Waals surface area contributed by atoms with Crippen molar-refractivity contribution < 1.29 is 9.47 Å². The van der Waals surface area contributed by atoms with Crippen molar-refractivity contribution in [3.8, 4) is 0 Å². The summed E-state index contributed by atoms with van der Waals surface area (Å²) in [7, 11) is 3.33. The van der Waals surface area contributed by atoms with Crippen LogP contribution in [0.5, 0.6) is 0 Å². The molecule has 1 aliphatic rings. The molecule has 1 N–H and O–H groups in total. The average molecular weight is 173 g/mol.